The Morgan fingerprint density at radius 3 is 2.72 bits per heavy atom. The lowest BCUT2D eigenvalue weighted by Gasteiger charge is -2.35. The average Bonchev–Trinajstić information content (AvgIpc) is 3.06. The third-order valence-electron chi connectivity index (χ3n) is 4.29. The number of pyridine rings is 1. The molecule has 6 nitrogen and oxygen atoms in total. The highest BCUT2D eigenvalue weighted by Crippen LogP contribution is 2.39. The van der Waals surface area contributed by atoms with E-state index >= 15 is 0 Å². The van der Waals surface area contributed by atoms with Gasteiger partial charge in [0.15, 0.2) is 0 Å². The lowest BCUT2D eigenvalue weighted by molar-refractivity contribution is -0.0112. The molecule has 3 N–H and O–H groups in total. The maximum atomic E-state index is 14.4. The van der Waals surface area contributed by atoms with Gasteiger partial charge in [0, 0.05) is 23.7 Å². The van der Waals surface area contributed by atoms with Gasteiger partial charge < -0.3 is 10.8 Å². The first-order valence-corrected chi connectivity index (χ1v) is 7.62. The van der Waals surface area contributed by atoms with Gasteiger partial charge >= 0.3 is 0 Å². The first-order valence-electron chi connectivity index (χ1n) is 7.62. The van der Waals surface area contributed by atoms with E-state index in [1.165, 1.54) is 29.6 Å². The molecule has 3 aromatic rings. The van der Waals surface area contributed by atoms with E-state index in [2.05, 4.69) is 15.1 Å². The lowest BCUT2D eigenvalue weighted by atomic mass is 9.78. The molecule has 2 unspecified atom stereocenters. The summed E-state index contributed by atoms with van der Waals surface area (Å²) in [5.74, 6) is -1.85. The fraction of sp³-hybridized carbons (Fsp3) is 0.235. The fourth-order valence-electron chi connectivity index (χ4n) is 2.87. The van der Waals surface area contributed by atoms with Crippen LogP contribution in [0.15, 0.2) is 49.2 Å². The van der Waals surface area contributed by atoms with E-state index in [-0.39, 0.29) is 17.9 Å². The molecule has 3 rings (SSSR count). The van der Waals surface area contributed by atoms with Gasteiger partial charge in [-0.05, 0) is 23.8 Å². The maximum absolute atomic E-state index is 14.4. The van der Waals surface area contributed by atoms with Crippen molar-refractivity contribution in [3.05, 3.63) is 71.9 Å². The normalized spacial score (nSPS) is 14.9. The highest BCUT2D eigenvalue weighted by Gasteiger charge is 2.40. The quantitative estimate of drug-likeness (QED) is 0.740. The standard InChI is InChI=1S/C17H17F2N5O/c1-11(12-4-5-22-16(20)6-12)17(25,8-24-10-21-9-23-24)14-3-2-13(18)7-15(14)19/h2-7,9-11,25H,8H2,1H3,(H2,20,22). The Hall–Kier alpha value is -2.87. The minimum Gasteiger partial charge on any atom is -0.384 e. The second-order valence-electron chi connectivity index (χ2n) is 5.88. The van der Waals surface area contributed by atoms with Gasteiger partial charge in [-0.3, -0.25) is 0 Å². The highest BCUT2D eigenvalue weighted by atomic mass is 19.1. The van der Waals surface area contributed by atoms with Crippen molar-refractivity contribution in [2.45, 2.75) is 25.0 Å². The van der Waals surface area contributed by atoms with Crippen LogP contribution in [0.4, 0.5) is 14.6 Å². The summed E-state index contributed by atoms with van der Waals surface area (Å²) >= 11 is 0. The van der Waals surface area contributed by atoms with Gasteiger partial charge in [0.1, 0.15) is 35.7 Å². The van der Waals surface area contributed by atoms with Crippen molar-refractivity contribution < 1.29 is 13.9 Å². The molecular formula is C17H17F2N5O. The second-order valence-corrected chi connectivity index (χ2v) is 5.88. The molecule has 8 heteroatoms. The topological polar surface area (TPSA) is 89.8 Å². The molecule has 0 saturated heterocycles. The summed E-state index contributed by atoms with van der Waals surface area (Å²) in [6, 6.07) is 6.39. The smallest absolute Gasteiger partial charge is 0.137 e. The van der Waals surface area contributed by atoms with Crippen molar-refractivity contribution in [3.63, 3.8) is 0 Å². The molecule has 0 aliphatic rings. The molecule has 0 fully saturated rings. The van der Waals surface area contributed by atoms with Crippen LogP contribution in [-0.4, -0.2) is 24.9 Å². The van der Waals surface area contributed by atoms with Crippen LogP contribution in [-0.2, 0) is 12.1 Å². The molecule has 130 valence electrons. The number of anilines is 1. The number of nitrogens with two attached hydrogens (primary N) is 1. The Morgan fingerprint density at radius 2 is 2.08 bits per heavy atom. The van der Waals surface area contributed by atoms with Crippen molar-refractivity contribution in [1.29, 1.82) is 0 Å². The van der Waals surface area contributed by atoms with Crippen LogP contribution in [0, 0.1) is 11.6 Å². The summed E-state index contributed by atoms with van der Waals surface area (Å²) in [6.45, 7) is 1.66. The van der Waals surface area contributed by atoms with Crippen LogP contribution < -0.4 is 5.73 Å². The van der Waals surface area contributed by atoms with Gasteiger partial charge in [-0.1, -0.05) is 13.0 Å². The van der Waals surface area contributed by atoms with E-state index in [4.69, 9.17) is 5.73 Å². The van der Waals surface area contributed by atoms with E-state index in [1.807, 2.05) is 0 Å². The lowest BCUT2D eigenvalue weighted by Crippen LogP contribution is -2.38. The van der Waals surface area contributed by atoms with Crippen molar-refractivity contribution in [2.24, 2.45) is 0 Å². The summed E-state index contributed by atoms with van der Waals surface area (Å²) in [5.41, 5.74) is 4.64. The molecule has 0 radical (unpaired) electrons. The van der Waals surface area contributed by atoms with E-state index in [1.54, 1.807) is 19.1 Å². The summed E-state index contributed by atoms with van der Waals surface area (Å²) in [7, 11) is 0. The average molecular weight is 345 g/mol. The largest absolute Gasteiger partial charge is 0.384 e. The van der Waals surface area contributed by atoms with Crippen molar-refractivity contribution >= 4 is 5.82 Å². The Bertz CT molecular complexity index is 871. The van der Waals surface area contributed by atoms with E-state index in [0.29, 0.717) is 5.56 Å². The molecule has 1 aromatic carbocycles. The molecule has 2 heterocycles. The molecule has 2 aromatic heterocycles. The molecule has 0 amide bonds. The predicted molar refractivity (Wildman–Crippen MR) is 87.3 cm³/mol. The summed E-state index contributed by atoms with van der Waals surface area (Å²) in [5, 5.41) is 15.4. The van der Waals surface area contributed by atoms with Crippen LogP contribution in [0.1, 0.15) is 24.0 Å². The maximum Gasteiger partial charge on any atom is 0.137 e. The number of hydrogen-bond donors (Lipinski definition) is 2. The monoisotopic (exact) mass is 345 g/mol. The predicted octanol–water partition coefficient (Wildman–Crippen LogP) is 2.23. The van der Waals surface area contributed by atoms with Crippen LogP contribution >= 0.6 is 0 Å². The summed E-state index contributed by atoms with van der Waals surface area (Å²) < 4.78 is 29.2. The van der Waals surface area contributed by atoms with Gasteiger partial charge in [0.25, 0.3) is 0 Å². The number of aliphatic hydroxyl groups is 1. The molecule has 25 heavy (non-hydrogen) atoms. The van der Waals surface area contributed by atoms with Crippen LogP contribution in [0.3, 0.4) is 0 Å². The van der Waals surface area contributed by atoms with Crippen molar-refractivity contribution in [3.8, 4) is 0 Å². The van der Waals surface area contributed by atoms with Crippen LogP contribution in [0.5, 0.6) is 0 Å². The highest BCUT2D eigenvalue weighted by molar-refractivity contribution is 5.37. The summed E-state index contributed by atoms with van der Waals surface area (Å²) in [6.07, 6.45) is 4.24. The molecule has 0 aliphatic carbocycles. The second kappa shape index (κ2) is 6.56. The summed E-state index contributed by atoms with van der Waals surface area (Å²) in [4.78, 5) is 7.77. The molecular weight excluding hydrogens is 328 g/mol. The number of hydrogen-bond acceptors (Lipinski definition) is 5. The molecule has 0 spiro atoms. The zero-order valence-corrected chi connectivity index (χ0v) is 13.5. The van der Waals surface area contributed by atoms with Gasteiger partial charge in [-0.2, -0.15) is 5.10 Å². The van der Waals surface area contributed by atoms with Crippen molar-refractivity contribution in [1.82, 2.24) is 19.7 Å². The zero-order chi connectivity index (χ0) is 18.0. The van der Waals surface area contributed by atoms with Crippen LogP contribution in [0.25, 0.3) is 0 Å². The fourth-order valence-corrected chi connectivity index (χ4v) is 2.87. The van der Waals surface area contributed by atoms with E-state index < -0.39 is 23.2 Å². The SMILES string of the molecule is CC(c1ccnc(N)c1)C(O)(Cn1cncn1)c1ccc(F)cc1F. The van der Waals surface area contributed by atoms with Gasteiger partial charge in [0.2, 0.25) is 0 Å². The van der Waals surface area contributed by atoms with Gasteiger partial charge in [-0.25, -0.2) is 23.4 Å². The van der Waals surface area contributed by atoms with Crippen LogP contribution in [0.2, 0.25) is 0 Å². The first kappa shape index (κ1) is 17.0. The minimum atomic E-state index is -1.71. The number of rotatable bonds is 5. The van der Waals surface area contributed by atoms with Gasteiger partial charge in [-0.15, -0.1) is 0 Å². The Morgan fingerprint density at radius 1 is 1.28 bits per heavy atom. The number of halogens is 2. The Balaban J connectivity index is 2.11. The molecule has 0 bridgehead atoms. The minimum absolute atomic E-state index is 0.0349. The zero-order valence-electron chi connectivity index (χ0n) is 13.5. The van der Waals surface area contributed by atoms with E-state index in [0.717, 1.165) is 12.1 Å². The number of nitrogens with zero attached hydrogens (tertiary/aromatic N) is 4. The molecule has 2 atom stereocenters. The Kier molecular flexibility index (Phi) is 4.45. The van der Waals surface area contributed by atoms with Crippen molar-refractivity contribution in [2.75, 3.05) is 5.73 Å². The number of aromatic nitrogens is 4. The third kappa shape index (κ3) is 3.34. The molecule has 0 aliphatic heterocycles. The number of nitrogen functional groups attached to an aromatic ring is 1. The number of benzene rings is 1. The molecule has 0 saturated carbocycles. The van der Waals surface area contributed by atoms with E-state index in [9.17, 15) is 13.9 Å². The first-order chi connectivity index (χ1) is 11.9. The third-order valence-corrected chi connectivity index (χ3v) is 4.29. The van der Waals surface area contributed by atoms with Gasteiger partial charge in [0.05, 0.1) is 6.54 Å². The Labute approximate surface area is 143 Å².